The summed E-state index contributed by atoms with van der Waals surface area (Å²) in [5, 5.41) is 0. The predicted molar refractivity (Wildman–Crippen MR) is 68.5 cm³/mol. The van der Waals surface area contributed by atoms with Crippen LogP contribution in [0.25, 0.3) is 0 Å². The van der Waals surface area contributed by atoms with Crippen LogP contribution in [0.2, 0.25) is 0 Å². The van der Waals surface area contributed by atoms with Crippen molar-refractivity contribution in [3.63, 3.8) is 0 Å². The van der Waals surface area contributed by atoms with Crippen LogP contribution in [-0.4, -0.2) is 18.8 Å². The number of ether oxygens (including phenoxy) is 1. The molecule has 2 heteroatoms. The first-order chi connectivity index (χ1) is 7.63. The summed E-state index contributed by atoms with van der Waals surface area (Å²) in [5.41, 5.74) is 7.08. The Morgan fingerprint density at radius 3 is 2.25 bits per heavy atom. The van der Waals surface area contributed by atoms with E-state index in [1.807, 2.05) is 6.07 Å². The number of rotatable bonds is 6. The summed E-state index contributed by atoms with van der Waals surface area (Å²) in [4.78, 5) is 0. The van der Waals surface area contributed by atoms with Gasteiger partial charge in [0.15, 0.2) is 0 Å². The zero-order valence-corrected chi connectivity index (χ0v) is 10.5. The Morgan fingerprint density at radius 2 is 1.75 bits per heavy atom. The van der Waals surface area contributed by atoms with Crippen molar-refractivity contribution in [2.45, 2.75) is 45.3 Å². The third kappa shape index (κ3) is 4.33. The molecule has 0 aliphatic heterocycles. The van der Waals surface area contributed by atoms with Crippen LogP contribution in [0.3, 0.4) is 0 Å². The van der Waals surface area contributed by atoms with E-state index in [-0.39, 0.29) is 12.2 Å². The minimum Gasteiger partial charge on any atom is -0.374 e. The topological polar surface area (TPSA) is 35.2 Å². The van der Waals surface area contributed by atoms with Gasteiger partial charge in [0.05, 0.1) is 12.2 Å². The molecule has 0 aromatic heterocycles. The van der Waals surface area contributed by atoms with Crippen LogP contribution in [0.5, 0.6) is 0 Å². The molecule has 1 rings (SSSR count). The molecule has 1 aromatic carbocycles. The second kappa shape index (κ2) is 6.66. The first-order valence-corrected chi connectivity index (χ1v) is 6.04. The minimum atomic E-state index is 0.162. The normalized spacial score (nSPS) is 15.1. The summed E-state index contributed by atoms with van der Waals surface area (Å²) in [5.74, 6) is 0.494. The maximum atomic E-state index is 5.77. The van der Waals surface area contributed by atoms with Gasteiger partial charge in [-0.15, -0.1) is 0 Å². The van der Waals surface area contributed by atoms with E-state index in [9.17, 15) is 0 Å². The van der Waals surface area contributed by atoms with Gasteiger partial charge >= 0.3 is 0 Å². The zero-order chi connectivity index (χ0) is 12.0. The van der Waals surface area contributed by atoms with Crippen LogP contribution >= 0.6 is 0 Å². The average Bonchev–Trinajstić information content (AvgIpc) is 2.28. The van der Waals surface area contributed by atoms with Gasteiger partial charge in [0.2, 0.25) is 0 Å². The van der Waals surface area contributed by atoms with E-state index in [1.165, 1.54) is 5.56 Å². The van der Waals surface area contributed by atoms with Crippen LogP contribution in [0, 0.1) is 0 Å². The van der Waals surface area contributed by atoms with Crippen molar-refractivity contribution in [2.24, 2.45) is 5.73 Å². The molecule has 0 fully saturated rings. The van der Waals surface area contributed by atoms with Crippen molar-refractivity contribution < 1.29 is 4.74 Å². The highest BCUT2D eigenvalue weighted by Crippen LogP contribution is 2.21. The van der Waals surface area contributed by atoms with Crippen molar-refractivity contribution in [2.75, 3.05) is 6.54 Å². The van der Waals surface area contributed by atoms with E-state index in [4.69, 9.17) is 10.5 Å². The van der Waals surface area contributed by atoms with Gasteiger partial charge in [-0.05, 0) is 31.7 Å². The maximum absolute atomic E-state index is 5.77. The lowest BCUT2D eigenvalue weighted by Crippen LogP contribution is -2.28. The van der Waals surface area contributed by atoms with Crippen molar-refractivity contribution in [1.82, 2.24) is 0 Å². The lowest BCUT2D eigenvalue weighted by molar-refractivity contribution is 0.00568. The van der Waals surface area contributed by atoms with Gasteiger partial charge in [-0.2, -0.15) is 0 Å². The molecular weight excluding hydrogens is 198 g/mol. The SMILES string of the molecule is CC(C)OC(CN)CC(C)c1ccccc1. The summed E-state index contributed by atoms with van der Waals surface area (Å²) in [6, 6.07) is 10.5. The molecule has 2 N–H and O–H groups in total. The molecule has 0 spiro atoms. The Balaban J connectivity index is 2.52. The molecule has 0 radical (unpaired) electrons. The van der Waals surface area contributed by atoms with Gasteiger partial charge in [0.25, 0.3) is 0 Å². The Bertz CT molecular complexity index is 284. The average molecular weight is 221 g/mol. The van der Waals surface area contributed by atoms with E-state index < -0.39 is 0 Å². The first kappa shape index (κ1) is 13.2. The van der Waals surface area contributed by atoms with Crippen LogP contribution in [-0.2, 0) is 4.74 Å². The molecule has 0 heterocycles. The summed E-state index contributed by atoms with van der Waals surface area (Å²) < 4.78 is 5.77. The monoisotopic (exact) mass is 221 g/mol. The van der Waals surface area contributed by atoms with Crippen molar-refractivity contribution in [3.8, 4) is 0 Å². The third-order valence-electron chi connectivity index (χ3n) is 2.71. The predicted octanol–water partition coefficient (Wildman–Crippen LogP) is 2.93. The smallest absolute Gasteiger partial charge is 0.0706 e. The maximum Gasteiger partial charge on any atom is 0.0706 e. The van der Waals surface area contributed by atoms with E-state index in [2.05, 4.69) is 45.0 Å². The second-order valence-electron chi connectivity index (χ2n) is 4.59. The van der Waals surface area contributed by atoms with Crippen molar-refractivity contribution in [1.29, 1.82) is 0 Å². The molecule has 0 saturated carbocycles. The molecule has 0 aliphatic carbocycles. The summed E-state index contributed by atoms with van der Waals surface area (Å²) >= 11 is 0. The van der Waals surface area contributed by atoms with Gasteiger partial charge in [0.1, 0.15) is 0 Å². The van der Waals surface area contributed by atoms with Gasteiger partial charge in [-0.3, -0.25) is 0 Å². The zero-order valence-electron chi connectivity index (χ0n) is 10.5. The van der Waals surface area contributed by atoms with Crippen molar-refractivity contribution >= 4 is 0 Å². The second-order valence-corrected chi connectivity index (χ2v) is 4.59. The van der Waals surface area contributed by atoms with Crippen LogP contribution in [0.1, 0.15) is 38.7 Å². The fourth-order valence-electron chi connectivity index (χ4n) is 1.90. The van der Waals surface area contributed by atoms with E-state index in [1.54, 1.807) is 0 Å². The molecule has 0 aliphatic rings. The van der Waals surface area contributed by atoms with Crippen LogP contribution in [0.4, 0.5) is 0 Å². The Kier molecular flexibility index (Phi) is 5.50. The largest absolute Gasteiger partial charge is 0.374 e. The molecule has 2 atom stereocenters. The summed E-state index contributed by atoms with van der Waals surface area (Å²) in [6.07, 6.45) is 1.39. The van der Waals surface area contributed by atoms with Gasteiger partial charge in [-0.25, -0.2) is 0 Å². The van der Waals surface area contributed by atoms with Gasteiger partial charge in [-0.1, -0.05) is 37.3 Å². The van der Waals surface area contributed by atoms with E-state index in [0.29, 0.717) is 12.5 Å². The summed E-state index contributed by atoms with van der Waals surface area (Å²) in [6.45, 7) is 6.92. The fourth-order valence-corrected chi connectivity index (χ4v) is 1.90. The molecule has 0 amide bonds. The molecule has 2 unspecified atom stereocenters. The summed E-state index contributed by atoms with van der Waals surface area (Å²) in [7, 11) is 0. The highest BCUT2D eigenvalue weighted by Gasteiger charge is 2.14. The minimum absolute atomic E-state index is 0.162. The number of nitrogens with two attached hydrogens (primary N) is 1. The standard InChI is InChI=1S/C14H23NO/c1-11(2)16-14(10-15)9-12(3)13-7-5-4-6-8-13/h4-8,11-12,14H,9-10,15H2,1-3H3. The molecule has 0 bridgehead atoms. The lowest BCUT2D eigenvalue weighted by atomic mass is 9.95. The van der Waals surface area contributed by atoms with E-state index >= 15 is 0 Å². The fraction of sp³-hybridized carbons (Fsp3) is 0.571. The van der Waals surface area contributed by atoms with Crippen LogP contribution in [0.15, 0.2) is 30.3 Å². The molecule has 0 saturated heterocycles. The molecule has 2 nitrogen and oxygen atoms in total. The van der Waals surface area contributed by atoms with Gasteiger partial charge < -0.3 is 10.5 Å². The highest BCUT2D eigenvalue weighted by molar-refractivity contribution is 5.18. The Labute approximate surface area is 98.8 Å². The molecule has 90 valence electrons. The quantitative estimate of drug-likeness (QED) is 0.801. The number of benzene rings is 1. The molecule has 16 heavy (non-hydrogen) atoms. The number of hydrogen-bond donors (Lipinski definition) is 1. The highest BCUT2D eigenvalue weighted by atomic mass is 16.5. The van der Waals surface area contributed by atoms with Crippen molar-refractivity contribution in [3.05, 3.63) is 35.9 Å². The van der Waals surface area contributed by atoms with Gasteiger partial charge in [0, 0.05) is 6.54 Å². The molecule has 1 aromatic rings. The van der Waals surface area contributed by atoms with Crippen LogP contribution < -0.4 is 5.73 Å². The first-order valence-electron chi connectivity index (χ1n) is 6.04. The van der Waals surface area contributed by atoms with E-state index in [0.717, 1.165) is 6.42 Å². The Hall–Kier alpha value is -0.860. The Morgan fingerprint density at radius 1 is 1.12 bits per heavy atom. The third-order valence-corrected chi connectivity index (χ3v) is 2.71. The lowest BCUT2D eigenvalue weighted by Gasteiger charge is -2.22. The number of hydrogen-bond acceptors (Lipinski definition) is 2. The molecular formula is C14H23NO.